The highest BCUT2D eigenvalue weighted by Crippen LogP contribution is 2.20. The van der Waals surface area contributed by atoms with Crippen LogP contribution >= 0.6 is 0 Å². The van der Waals surface area contributed by atoms with Crippen LogP contribution in [-0.2, 0) is 10.0 Å². The Hall–Kier alpha value is -0.820. The van der Waals surface area contributed by atoms with Crippen molar-refractivity contribution in [1.82, 2.24) is 9.62 Å². The van der Waals surface area contributed by atoms with Crippen LogP contribution in [-0.4, -0.2) is 49.4 Å². The predicted molar refractivity (Wildman–Crippen MR) is 50.6 cm³/mol. The average molecular weight is 222 g/mol. The molecule has 1 unspecified atom stereocenters. The van der Waals surface area contributed by atoms with Crippen molar-refractivity contribution in [3.8, 4) is 0 Å². The van der Waals surface area contributed by atoms with Gasteiger partial charge in [-0.3, -0.25) is 0 Å². The summed E-state index contributed by atoms with van der Waals surface area (Å²) in [5.74, 6) is 0. The molecule has 7 heteroatoms. The van der Waals surface area contributed by atoms with E-state index in [1.54, 1.807) is 6.92 Å². The number of carbonyl (C=O) groups is 1. The Morgan fingerprint density at radius 3 is 2.50 bits per heavy atom. The molecule has 1 heterocycles. The molecule has 2 N–H and O–H groups in total. The third-order valence-electron chi connectivity index (χ3n) is 2.29. The molecular formula is C7H14N2O4S. The highest BCUT2D eigenvalue weighted by Gasteiger charge is 2.36. The Labute approximate surface area is 82.9 Å². The second-order valence-electron chi connectivity index (χ2n) is 3.51. The molecule has 0 aromatic carbocycles. The van der Waals surface area contributed by atoms with Gasteiger partial charge in [0, 0.05) is 12.6 Å². The van der Waals surface area contributed by atoms with Gasteiger partial charge in [0.25, 0.3) is 0 Å². The molecule has 82 valence electrons. The summed E-state index contributed by atoms with van der Waals surface area (Å²) >= 11 is 0. The van der Waals surface area contributed by atoms with Crippen molar-refractivity contribution in [3.63, 3.8) is 0 Å². The average Bonchev–Trinajstić information content (AvgIpc) is 1.75. The van der Waals surface area contributed by atoms with Crippen LogP contribution in [0.15, 0.2) is 0 Å². The Kier molecular flexibility index (Phi) is 3.01. The Bertz CT molecular complexity index is 327. The number of hydrogen-bond acceptors (Lipinski definition) is 3. The molecule has 1 aliphatic heterocycles. The van der Waals surface area contributed by atoms with E-state index in [2.05, 4.69) is 4.72 Å². The molecule has 1 aliphatic rings. The van der Waals surface area contributed by atoms with Gasteiger partial charge in [-0.25, -0.2) is 17.9 Å². The summed E-state index contributed by atoms with van der Waals surface area (Å²) in [6.07, 6.45) is 0.770. The van der Waals surface area contributed by atoms with Crippen LogP contribution in [0.1, 0.15) is 13.3 Å². The number of sulfonamides is 1. The first-order valence-electron chi connectivity index (χ1n) is 4.28. The molecule has 0 bridgehead atoms. The maximum atomic E-state index is 10.9. The van der Waals surface area contributed by atoms with E-state index in [0.29, 0.717) is 13.0 Å². The Balaban J connectivity index is 2.54. The number of hydrogen-bond donors (Lipinski definition) is 2. The molecule has 0 spiro atoms. The second kappa shape index (κ2) is 3.74. The van der Waals surface area contributed by atoms with Crippen LogP contribution in [0.5, 0.6) is 0 Å². The number of rotatable bonds is 3. The van der Waals surface area contributed by atoms with Gasteiger partial charge in [-0.05, 0) is 13.3 Å². The summed E-state index contributed by atoms with van der Waals surface area (Å²) in [4.78, 5) is 11.8. The predicted octanol–water partition coefficient (Wildman–Crippen LogP) is -0.324. The summed E-state index contributed by atoms with van der Waals surface area (Å²) < 4.78 is 24.1. The SMILES string of the molecule is CC(NS(C)(=O)=O)[C@@H]1CCN1C(=O)O. The zero-order valence-corrected chi connectivity index (χ0v) is 8.91. The molecule has 1 fully saturated rings. The van der Waals surface area contributed by atoms with Crippen LogP contribution in [0.2, 0.25) is 0 Å². The quantitative estimate of drug-likeness (QED) is 0.685. The van der Waals surface area contributed by atoms with E-state index in [1.165, 1.54) is 4.90 Å². The molecule has 6 nitrogen and oxygen atoms in total. The molecule has 1 saturated heterocycles. The molecule has 0 aliphatic carbocycles. The topological polar surface area (TPSA) is 86.7 Å². The highest BCUT2D eigenvalue weighted by molar-refractivity contribution is 7.88. The van der Waals surface area contributed by atoms with Gasteiger partial charge in [-0.2, -0.15) is 0 Å². The molecule has 0 aromatic rings. The molecular weight excluding hydrogens is 208 g/mol. The van der Waals surface area contributed by atoms with Gasteiger partial charge in [0.05, 0.1) is 12.3 Å². The summed E-state index contributed by atoms with van der Waals surface area (Å²) in [6.45, 7) is 2.15. The van der Waals surface area contributed by atoms with Crippen molar-refractivity contribution >= 4 is 16.1 Å². The minimum absolute atomic E-state index is 0.234. The molecule has 1 rings (SSSR count). The summed E-state index contributed by atoms with van der Waals surface area (Å²) in [5, 5.41) is 8.70. The Morgan fingerprint density at radius 1 is 1.64 bits per heavy atom. The summed E-state index contributed by atoms with van der Waals surface area (Å²) in [5.41, 5.74) is 0. The zero-order valence-electron chi connectivity index (χ0n) is 8.10. The Morgan fingerprint density at radius 2 is 2.21 bits per heavy atom. The van der Waals surface area contributed by atoms with E-state index in [1.807, 2.05) is 0 Å². The number of carboxylic acid groups (broad SMARTS) is 1. The number of likely N-dealkylation sites (tertiary alicyclic amines) is 1. The molecule has 0 aromatic heterocycles. The highest BCUT2D eigenvalue weighted by atomic mass is 32.2. The number of nitrogens with zero attached hydrogens (tertiary/aromatic N) is 1. The van der Waals surface area contributed by atoms with Gasteiger partial charge in [-0.1, -0.05) is 0 Å². The number of nitrogens with one attached hydrogen (secondary N) is 1. The van der Waals surface area contributed by atoms with E-state index in [-0.39, 0.29) is 12.1 Å². The van der Waals surface area contributed by atoms with Crippen LogP contribution < -0.4 is 4.72 Å². The van der Waals surface area contributed by atoms with E-state index in [9.17, 15) is 13.2 Å². The van der Waals surface area contributed by atoms with Crippen LogP contribution in [0.3, 0.4) is 0 Å². The van der Waals surface area contributed by atoms with Crippen molar-refractivity contribution in [1.29, 1.82) is 0 Å². The fourth-order valence-electron chi connectivity index (χ4n) is 1.58. The zero-order chi connectivity index (χ0) is 10.9. The van der Waals surface area contributed by atoms with Gasteiger partial charge in [0.1, 0.15) is 0 Å². The van der Waals surface area contributed by atoms with Crippen molar-refractivity contribution in [3.05, 3.63) is 0 Å². The van der Waals surface area contributed by atoms with Crippen LogP contribution in [0.4, 0.5) is 4.79 Å². The van der Waals surface area contributed by atoms with Crippen LogP contribution in [0.25, 0.3) is 0 Å². The normalized spacial score (nSPS) is 24.1. The third kappa shape index (κ3) is 2.58. The first kappa shape index (κ1) is 11.3. The fraction of sp³-hybridized carbons (Fsp3) is 0.857. The molecule has 1 amide bonds. The van der Waals surface area contributed by atoms with Crippen molar-refractivity contribution in [2.45, 2.75) is 25.4 Å². The monoisotopic (exact) mass is 222 g/mol. The fourth-order valence-corrected chi connectivity index (χ4v) is 2.41. The standard InChI is InChI=1S/C7H14N2O4S/c1-5(8-14(2,12)13)6-3-4-9(6)7(10)11/h5-6,8H,3-4H2,1-2H3,(H,10,11)/t5?,6-/m0/s1. The first-order chi connectivity index (χ1) is 6.31. The van der Waals surface area contributed by atoms with Crippen molar-refractivity contribution < 1.29 is 18.3 Å². The minimum Gasteiger partial charge on any atom is -0.465 e. The van der Waals surface area contributed by atoms with E-state index >= 15 is 0 Å². The smallest absolute Gasteiger partial charge is 0.407 e. The third-order valence-corrected chi connectivity index (χ3v) is 3.09. The van der Waals surface area contributed by atoms with Crippen LogP contribution in [0, 0.1) is 0 Å². The van der Waals surface area contributed by atoms with E-state index in [4.69, 9.17) is 5.11 Å². The van der Waals surface area contributed by atoms with E-state index < -0.39 is 16.1 Å². The van der Waals surface area contributed by atoms with Gasteiger partial charge in [0.15, 0.2) is 0 Å². The largest absolute Gasteiger partial charge is 0.465 e. The minimum atomic E-state index is -3.26. The van der Waals surface area contributed by atoms with Crippen molar-refractivity contribution in [2.24, 2.45) is 0 Å². The lowest BCUT2D eigenvalue weighted by Gasteiger charge is -2.42. The summed E-state index contributed by atoms with van der Waals surface area (Å²) in [6, 6.07) is -0.600. The van der Waals surface area contributed by atoms with Gasteiger partial charge in [0.2, 0.25) is 10.0 Å². The maximum absolute atomic E-state index is 10.9. The van der Waals surface area contributed by atoms with Gasteiger partial charge >= 0.3 is 6.09 Å². The number of amides is 1. The summed E-state index contributed by atoms with van der Waals surface area (Å²) in [7, 11) is -3.26. The molecule has 14 heavy (non-hydrogen) atoms. The molecule has 0 saturated carbocycles. The van der Waals surface area contributed by atoms with Gasteiger partial charge < -0.3 is 10.0 Å². The molecule has 2 atom stereocenters. The maximum Gasteiger partial charge on any atom is 0.407 e. The second-order valence-corrected chi connectivity index (χ2v) is 5.29. The lowest BCUT2D eigenvalue weighted by Crippen LogP contribution is -2.59. The first-order valence-corrected chi connectivity index (χ1v) is 6.17. The lowest BCUT2D eigenvalue weighted by atomic mass is 9.98. The molecule has 0 radical (unpaired) electrons. The lowest BCUT2D eigenvalue weighted by molar-refractivity contribution is 0.0632. The van der Waals surface area contributed by atoms with Crippen molar-refractivity contribution in [2.75, 3.05) is 12.8 Å². The van der Waals surface area contributed by atoms with E-state index in [0.717, 1.165) is 6.26 Å². The van der Waals surface area contributed by atoms with Gasteiger partial charge in [-0.15, -0.1) is 0 Å².